The topological polar surface area (TPSA) is 49.8 Å². The summed E-state index contributed by atoms with van der Waals surface area (Å²) in [6, 6.07) is -0.125. The Balaban J connectivity index is 1.80. The van der Waals surface area contributed by atoms with E-state index in [0.717, 1.165) is 13.0 Å². The van der Waals surface area contributed by atoms with Gasteiger partial charge in [0.2, 0.25) is 0 Å². The Hall–Kier alpha value is -0.770. The second-order valence-electron chi connectivity index (χ2n) is 7.20. The lowest BCUT2D eigenvalue weighted by atomic mass is 10.0. The van der Waals surface area contributed by atoms with Gasteiger partial charge in [0.05, 0.1) is 12.6 Å². The van der Waals surface area contributed by atoms with Gasteiger partial charge in [-0.1, -0.05) is 90.4 Å². The van der Waals surface area contributed by atoms with Gasteiger partial charge in [-0.05, 0) is 6.42 Å². The smallest absolute Gasteiger partial charge is 0.410 e. The SMILES string of the molecule is CCCCCCCCCCCCCCCCN1C(=O)OCC1CO. The van der Waals surface area contributed by atoms with Crippen LogP contribution in [0.5, 0.6) is 0 Å². The van der Waals surface area contributed by atoms with Crippen molar-refractivity contribution in [3.8, 4) is 0 Å². The van der Waals surface area contributed by atoms with Crippen LogP contribution in [0.2, 0.25) is 0 Å². The van der Waals surface area contributed by atoms with E-state index in [9.17, 15) is 9.90 Å². The zero-order valence-electron chi connectivity index (χ0n) is 15.8. The van der Waals surface area contributed by atoms with E-state index in [1.807, 2.05) is 0 Å². The van der Waals surface area contributed by atoms with E-state index in [1.54, 1.807) is 4.90 Å². The molecular weight excluding hydrogens is 302 g/mol. The van der Waals surface area contributed by atoms with Gasteiger partial charge in [0.1, 0.15) is 6.61 Å². The third-order valence-electron chi connectivity index (χ3n) is 5.04. The molecule has 1 rings (SSSR count). The largest absolute Gasteiger partial charge is 0.447 e. The third-order valence-corrected chi connectivity index (χ3v) is 5.04. The van der Waals surface area contributed by atoms with Gasteiger partial charge in [0.25, 0.3) is 0 Å². The zero-order chi connectivity index (χ0) is 17.5. The minimum atomic E-state index is -0.260. The molecule has 0 saturated carbocycles. The summed E-state index contributed by atoms with van der Waals surface area (Å²) in [6.07, 6.45) is 18.4. The maximum absolute atomic E-state index is 11.5. The highest BCUT2D eigenvalue weighted by Crippen LogP contribution is 2.15. The van der Waals surface area contributed by atoms with E-state index in [2.05, 4.69) is 6.92 Å². The number of hydrogen-bond acceptors (Lipinski definition) is 3. The van der Waals surface area contributed by atoms with Gasteiger partial charge in [-0.25, -0.2) is 4.79 Å². The highest BCUT2D eigenvalue weighted by molar-refractivity contribution is 5.70. The molecule has 1 unspecified atom stereocenters. The van der Waals surface area contributed by atoms with Crippen LogP contribution in [0.1, 0.15) is 96.8 Å². The standard InChI is InChI=1S/C20H39NO3/c1-2-3-4-5-6-7-8-9-10-11-12-13-14-15-16-21-19(17-22)18-24-20(21)23/h19,22H,2-18H2,1H3. The molecule has 0 spiro atoms. The van der Waals surface area contributed by atoms with Crippen LogP contribution in [-0.4, -0.2) is 41.9 Å². The number of carbonyl (C=O) groups is 1. The van der Waals surface area contributed by atoms with Crippen molar-refractivity contribution in [2.24, 2.45) is 0 Å². The Morgan fingerprint density at radius 2 is 1.33 bits per heavy atom. The quantitative estimate of drug-likeness (QED) is 0.389. The van der Waals surface area contributed by atoms with Crippen molar-refractivity contribution in [1.29, 1.82) is 0 Å². The Labute approximate surface area is 148 Å². The van der Waals surface area contributed by atoms with Gasteiger partial charge in [-0.15, -0.1) is 0 Å². The van der Waals surface area contributed by atoms with Crippen LogP contribution >= 0.6 is 0 Å². The maximum atomic E-state index is 11.5. The number of aliphatic hydroxyl groups excluding tert-OH is 1. The van der Waals surface area contributed by atoms with E-state index in [0.29, 0.717) is 6.61 Å². The van der Waals surface area contributed by atoms with Crippen molar-refractivity contribution in [3.05, 3.63) is 0 Å². The first kappa shape index (κ1) is 21.3. The Morgan fingerprint density at radius 1 is 0.875 bits per heavy atom. The fourth-order valence-electron chi connectivity index (χ4n) is 3.39. The third kappa shape index (κ3) is 9.51. The normalized spacial score (nSPS) is 17.5. The predicted octanol–water partition coefficient (Wildman–Crippen LogP) is 5.28. The van der Waals surface area contributed by atoms with Crippen molar-refractivity contribution in [3.63, 3.8) is 0 Å². The van der Waals surface area contributed by atoms with Crippen LogP contribution in [0.4, 0.5) is 4.79 Å². The summed E-state index contributed by atoms with van der Waals surface area (Å²) in [6.45, 7) is 3.34. The zero-order valence-corrected chi connectivity index (χ0v) is 15.8. The lowest BCUT2D eigenvalue weighted by molar-refractivity contribution is 0.152. The minimum absolute atomic E-state index is 0.00431. The van der Waals surface area contributed by atoms with Gasteiger partial charge >= 0.3 is 6.09 Å². The molecule has 1 N–H and O–H groups in total. The van der Waals surface area contributed by atoms with Gasteiger partial charge in [0, 0.05) is 6.54 Å². The maximum Gasteiger partial charge on any atom is 0.410 e. The fourth-order valence-corrected chi connectivity index (χ4v) is 3.39. The van der Waals surface area contributed by atoms with Crippen LogP contribution in [0.15, 0.2) is 0 Å². The number of carbonyl (C=O) groups excluding carboxylic acids is 1. The molecule has 1 amide bonds. The summed E-state index contributed by atoms with van der Waals surface area (Å²) in [5.41, 5.74) is 0. The molecule has 0 aromatic carbocycles. The lowest BCUT2D eigenvalue weighted by Crippen LogP contribution is -2.36. The van der Waals surface area contributed by atoms with Gasteiger partial charge in [0.15, 0.2) is 0 Å². The molecule has 1 heterocycles. The van der Waals surface area contributed by atoms with E-state index >= 15 is 0 Å². The summed E-state index contributed by atoms with van der Waals surface area (Å²) in [7, 11) is 0. The number of aliphatic hydroxyl groups is 1. The minimum Gasteiger partial charge on any atom is -0.447 e. The number of nitrogens with zero attached hydrogens (tertiary/aromatic N) is 1. The number of unbranched alkanes of at least 4 members (excludes halogenated alkanes) is 13. The van der Waals surface area contributed by atoms with Crippen molar-refractivity contribution in [2.45, 2.75) is 103 Å². The molecule has 1 fully saturated rings. The van der Waals surface area contributed by atoms with Crippen LogP contribution < -0.4 is 0 Å². The van der Waals surface area contributed by atoms with E-state index in [-0.39, 0.29) is 18.7 Å². The Morgan fingerprint density at radius 3 is 1.79 bits per heavy atom. The second-order valence-corrected chi connectivity index (χ2v) is 7.20. The van der Waals surface area contributed by atoms with Crippen molar-refractivity contribution < 1.29 is 14.6 Å². The van der Waals surface area contributed by atoms with Crippen molar-refractivity contribution in [2.75, 3.05) is 19.8 Å². The van der Waals surface area contributed by atoms with Crippen LogP contribution in [0, 0.1) is 0 Å². The number of cyclic esters (lactones) is 1. The van der Waals surface area contributed by atoms with Crippen LogP contribution in [0.25, 0.3) is 0 Å². The summed E-state index contributed by atoms with van der Waals surface area (Å²) in [5.74, 6) is 0. The summed E-state index contributed by atoms with van der Waals surface area (Å²) in [5, 5.41) is 9.20. The van der Waals surface area contributed by atoms with Gasteiger partial charge in [-0.3, -0.25) is 4.90 Å². The highest BCUT2D eigenvalue weighted by atomic mass is 16.6. The van der Waals surface area contributed by atoms with Crippen molar-refractivity contribution in [1.82, 2.24) is 4.90 Å². The molecule has 142 valence electrons. The molecule has 0 aromatic rings. The Kier molecular flexibility index (Phi) is 12.9. The molecule has 4 heteroatoms. The average Bonchev–Trinajstić information content (AvgIpc) is 2.95. The summed E-state index contributed by atoms with van der Waals surface area (Å²) in [4.78, 5) is 13.2. The Bertz CT molecular complexity index is 309. The highest BCUT2D eigenvalue weighted by Gasteiger charge is 2.31. The summed E-state index contributed by atoms with van der Waals surface area (Å²) >= 11 is 0. The van der Waals surface area contributed by atoms with Crippen molar-refractivity contribution >= 4 is 6.09 Å². The predicted molar refractivity (Wildman–Crippen MR) is 99.2 cm³/mol. The first-order chi connectivity index (χ1) is 11.8. The first-order valence-corrected chi connectivity index (χ1v) is 10.3. The molecule has 0 radical (unpaired) electrons. The molecule has 0 aliphatic carbocycles. The monoisotopic (exact) mass is 341 g/mol. The number of rotatable bonds is 16. The molecule has 1 saturated heterocycles. The van der Waals surface area contributed by atoms with E-state index in [4.69, 9.17) is 4.74 Å². The average molecular weight is 342 g/mol. The molecule has 4 nitrogen and oxygen atoms in total. The number of hydrogen-bond donors (Lipinski definition) is 1. The molecule has 0 bridgehead atoms. The van der Waals surface area contributed by atoms with E-state index < -0.39 is 0 Å². The molecule has 1 aliphatic heterocycles. The van der Waals surface area contributed by atoms with Gasteiger partial charge < -0.3 is 9.84 Å². The second kappa shape index (κ2) is 14.6. The molecule has 1 aliphatic rings. The number of amides is 1. The van der Waals surface area contributed by atoms with E-state index in [1.165, 1.54) is 83.5 Å². The molecule has 1 atom stereocenters. The molecule has 0 aromatic heterocycles. The van der Waals surface area contributed by atoms with Crippen LogP contribution in [-0.2, 0) is 4.74 Å². The molecule has 24 heavy (non-hydrogen) atoms. The van der Waals surface area contributed by atoms with Gasteiger partial charge in [-0.2, -0.15) is 0 Å². The summed E-state index contributed by atoms with van der Waals surface area (Å²) < 4.78 is 4.97. The number of ether oxygens (including phenoxy) is 1. The first-order valence-electron chi connectivity index (χ1n) is 10.3. The lowest BCUT2D eigenvalue weighted by Gasteiger charge is -2.19. The molecular formula is C20H39NO3. The van der Waals surface area contributed by atoms with Crippen LogP contribution in [0.3, 0.4) is 0 Å². The fraction of sp³-hybridized carbons (Fsp3) is 0.950.